The average Bonchev–Trinajstić information content (AvgIpc) is 1.85. The summed E-state index contributed by atoms with van der Waals surface area (Å²) in [5.41, 5.74) is 0.192. The first-order chi connectivity index (χ1) is 5.49. The van der Waals surface area contributed by atoms with E-state index in [1.165, 1.54) is 6.08 Å². The summed E-state index contributed by atoms with van der Waals surface area (Å²) in [6, 6.07) is 1.60. The number of hydrogen-bond acceptors (Lipinski definition) is 2. The Balaban J connectivity index is 4.58. The van der Waals surface area contributed by atoms with Gasteiger partial charge in [-0.15, -0.1) is 0 Å². The summed E-state index contributed by atoms with van der Waals surface area (Å²) in [5, 5.41) is 17.3. The van der Waals surface area contributed by atoms with E-state index >= 15 is 0 Å². The summed E-state index contributed by atoms with van der Waals surface area (Å²) in [6.07, 6.45) is 1.36. The molecule has 3 nitrogen and oxygen atoms in total. The fourth-order valence-corrected chi connectivity index (χ4v) is 0.776. The highest BCUT2D eigenvalue weighted by Crippen LogP contribution is 2.13. The number of carboxylic acid groups (broad SMARTS) is 1. The van der Waals surface area contributed by atoms with Gasteiger partial charge in [-0.05, 0) is 18.6 Å². The molecule has 0 aliphatic carbocycles. The van der Waals surface area contributed by atoms with Crippen LogP contribution >= 0.6 is 11.6 Å². The van der Waals surface area contributed by atoms with Crippen molar-refractivity contribution >= 4 is 17.6 Å². The summed E-state index contributed by atoms with van der Waals surface area (Å²) in [5.74, 6) is -2.42. The van der Waals surface area contributed by atoms with Gasteiger partial charge in [0, 0.05) is 5.03 Å². The van der Waals surface area contributed by atoms with E-state index in [1.54, 1.807) is 13.0 Å². The highest BCUT2D eigenvalue weighted by Gasteiger charge is 2.18. The summed E-state index contributed by atoms with van der Waals surface area (Å²) >= 11 is 5.48. The molecule has 0 aliphatic heterocycles. The zero-order valence-electron chi connectivity index (χ0n) is 6.54. The number of nitrogens with zero attached hydrogens (tertiary/aromatic N) is 1. The number of hydrogen-bond donors (Lipinski definition) is 1. The zero-order valence-corrected chi connectivity index (χ0v) is 7.30. The van der Waals surface area contributed by atoms with Gasteiger partial charge in [-0.25, -0.2) is 0 Å². The molecule has 64 valence electrons. The minimum Gasteiger partial charge on any atom is -0.480 e. The predicted molar refractivity (Wildman–Crippen MR) is 45.5 cm³/mol. The Bertz CT molecular complexity index is 271. The van der Waals surface area contributed by atoms with Crippen LogP contribution in [0.3, 0.4) is 0 Å². The minimum absolute atomic E-state index is 0.192. The topological polar surface area (TPSA) is 61.1 Å². The standard InChI is InChI=1S/C8H8ClNO2/c1-5(3-6(2)9)7(4-10)8(11)12/h3,7H,1H2,2H3,(H,11,12)/b6-3+. The molecule has 0 bridgehead atoms. The van der Waals surface area contributed by atoms with Crippen LogP contribution in [-0.4, -0.2) is 11.1 Å². The first-order valence-corrected chi connectivity index (χ1v) is 3.52. The molecule has 0 saturated carbocycles. The molecule has 1 unspecified atom stereocenters. The van der Waals surface area contributed by atoms with Crippen molar-refractivity contribution in [1.29, 1.82) is 5.26 Å². The van der Waals surface area contributed by atoms with Crippen LogP contribution in [0.5, 0.6) is 0 Å². The molecule has 0 amide bonds. The summed E-state index contributed by atoms with van der Waals surface area (Å²) in [4.78, 5) is 10.4. The van der Waals surface area contributed by atoms with Gasteiger partial charge >= 0.3 is 5.97 Å². The molecule has 0 rings (SSSR count). The van der Waals surface area contributed by atoms with Crippen LogP contribution in [0.4, 0.5) is 0 Å². The number of halogens is 1. The molecule has 0 aromatic rings. The molecule has 0 spiro atoms. The molecular formula is C8H8ClNO2. The van der Waals surface area contributed by atoms with Crippen LogP contribution < -0.4 is 0 Å². The summed E-state index contributed by atoms with van der Waals surface area (Å²) < 4.78 is 0. The van der Waals surface area contributed by atoms with E-state index in [2.05, 4.69) is 6.58 Å². The number of nitriles is 1. The molecule has 1 N–H and O–H groups in total. The normalized spacial score (nSPS) is 13.2. The number of carboxylic acids is 1. The van der Waals surface area contributed by atoms with E-state index in [1.807, 2.05) is 0 Å². The van der Waals surface area contributed by atoms with E-state index in [0.29, 0.717) is 5.03 Å². The van der Waals surface area contributed by atoms with Gasteiger partial charge in [0.2, 0.25) is 0 Å². The van der Waals surface area contributed by atoms with Gasteiger partial charge < -0.3 is 5.11 Å². The second-order valence-electron chi connectivity index (χ2n) is 2.21. The summed E-state index contributed by atoms with van der Waals surface area (Å²) in [6.45, 7) is 5.01. The monoisotopic (exact) mass is 185 g/mol. The lowest BCUT2D eigenvalue weighted by Crippen LogP contribution is -2.12. The lowest BCUT2D eigenvalue weighted by molar-refractivity contribution is -0.138. The third-order valence-corrected chi connectivity index (χ3v) is 1.24. The Hall–Kier alpha value is -1.27. The highest BCUT2D eigenvalue weighted by molar-refractivity contribution is 6.29. The molecule has 0 aromatic carbocycles. The third-order valence-electron chi connectivity index (χ3n) is 1.13. The van der Waals surface area contributed by atoms with Crippen LogP contribution in [0, 0.1) is 17.2 Å². The molecule has 0 heterocycles. The molecule has 0 fully saturated rings. The Morgan fingerprint density at radius 2 is 2.33 bits per heavy atom. The fourth-order valence-electron chi connectivity index (χ4n) is 0.636. The molecular weight excluding hydrogens is 178 g/mol. The molecule has 0 radical (unpaired) electrons. The highest BCUT2D eigenvalue weighted by atomic mass is 35.5. The smallest absolute Gasteiger partial charge is 0.325 e. The molecule has 1 atom stereocenters. The molecule has 0 saturated heterocycles. The SMILES string of the molecule is C=C(/C=C(\C)Cl)C(C#N)C(=O)O. The van der Waals surface area contributed by atoms with Gasteiger partial charge in [0.25, 0.3) is 0 Å². The van der Waals surface area contributed by atoms with Gasteiger partial charge in [0.05, 0.1) is 6.07 Å². The quantitative estimate of drug-likeness (QED) is 0.684. The van der Waals surface area contributed by atoms with E-state index < -0.39 is 11.9 Å². The van der Waals surface area contributed by atoms with Crippen LogP contribution in [0.25, 0.3) is 0 Å². The Kier molecular flexibility index (Phi) is 4.09. The number of carbonyl (C=O) groups is 1. The number of rotatable bonds is 3. The van der Waals surface area contributed by atoms with Crippen LogP contribution in [0.15, 0.2) is 23.3 Å². The van der Waals surface area contributed by atoms with Crippen LogP contribution in [0.2, 0.25) is 0 Å². The third kappa shape index (κ3) is 3.22. The van der Waals surface area contributed by atoms with Gasteiger partial charge in [-0.3, -0.25) is 4.79 Å². The van der Waals surface area contributed by atoms with Crippen molar-refractivity contribution in [2.45, 2.75) is 6.92 Å². The number of allylic oxidation sites excluding steroid dienone is 2. The second-order valence-corrected chi connectivity index (χ2v) is 2.80. The van der Waals surface area contributed by atoms with E-state index in [4.69, 9.17) is 22.0 Å². The first-order valence-electron chi connectivity index (χ1n) is 3.14. The van der Waals surface area contributed by atoms with E-state index in [-0.39, 0.29) is 5.57 Å². The van der Waals surface area contributed by atoms with Gasteiger partial charge in [0.1, 0.15) is 0 Å². The lowest BCUT2D eigenvalue weighted by atomic mass is 10.0. The predicted octanol–water partition coefficient (Wildman–Crippen LogP) is 1.91. The molecule has 0 aliphatic rings. The van der Waals surface area contributed by atoms with Crippen molar-refractivity contribution in [3.05, 3.63) is 23.3 Å². The number of aliphatic carboxylic acids is 1. The average molecular weight is 186 g/mol. The van der Waals surface area contributed by atoms with Crippen molar-refractivity contribution in [3.8, 4) is 6.07 Å². The van der Waals surface area contributed by atoms with Gasteiger partial charge in [-0.1, -0.05) is 18.2 Å². The maximum atomic E-state index is 10.4. The Morgan fingerprint density at radius 1 is 1.83 bits per heavy atom. The lowest BCUT2D eigenvalue weighted by Gasteiger charge is -2.01. The Labute approximate surface area is 75.6 Å². The van der Waals surface area contributed by atoms with Crippen molar-refractivity contribution in [1.82, 2.24) is 0 Å². The van der Waals surface area contributed by atoms with Gasteiger partial charge in [-0.2, -0.15) is 5.26 Å². The van der Waals surface area contributed by atoms with Crippen molar-refractivity contribution in [3.63, 3.8) is 0 Å². The van der Waals surface area contributed by atoms with E-state index in [9.17, 15) is 4.79 Å². The summed E-state index contributed by atoms with van der Waals surface area (Å²) in [7, 11) is 0. The van der Waals surface area contributed by atoms with E-state index in [0.717, 1.165) is 0 Å². The first kappa shape index (κ1) is 10.7. The Morgan fingerprint density at radius 3 is 2.58 bits per heavy atom. The maximum Gasteiger partial charge on any atom is 0.325 e. The fraction of sp³-hybridized carbons (Fsp3) is 0.250. The minimum atomic E-state index is -1.21. The van der Waals surface area contributed by atoms with Crippen molar-refractivity contribution < 1.29 is 9.90 Å². The largest absolute Gasteiger partial charge is 0.480 e. The van der Waals surface area contributed by atoms with Crippen LogP contribution in [0.1, 0.15) is 6.92 Å². The second kappa shape index (κ2) is 4.58. The van der Waals surface area contributed by atoms with Crippen LogP contribution in [-0.2, 0) is 4.79 Å². The molecule has 4 heteroatoms. The van der Waals surface area contributed by atoms with Crippen molar-refractivity contribution in [2.75, 3.05) is 0 Å². The molecule has 0 aromatic heterocycles. The molecule has 12 heavy (non-hydrogen) atoms. The van der Waals surface area contributed by atoms with Gasteiger partial charge in [0.15, 0.2) is 5.92 Å². The maximum absolute atomic E-state index is 10.4. The zero-order chi connectivity index (χ0) is 9.72. The van der Waals surface area contributed by atoms with Crippen molar-refractivity contribution in [2.24, 2.45) is 5.92 Å².